The van der Waals surface area contributed by atoms with E-state index in [1.54, 1.807) is 11.1 Å². The number of hydrogen-bond acceptors (Lipinski definition) is 2. The second-order valence-electron chi connectivity index (χ2n) is 2.74. The highest BCUT2D eigenvalue weighted by molar-refractivity contribution is 5.97. The Balaban J connectivity index is 2.21. The first-order valence-corrected chi connectivity index (χ1v) is 3.56. The van der Waals surface area contributed by atoms with Crippen molar-refractivity contribution in [2.45, 2.75) is 18.9 Å². The maximum absolute atomic E-state index is 11.0. The molecule has 2 heterocycles. The van der Waals surface area contributed by atoms with Gasteiger partial charge in [0.2, 0.25) is 5.91 Å². The number of amides is 3. The Morgan fingerprint density at radius 1 is 1.55 bits per heavy atom. The van der Waals surface area contributed by atoms with Gasteiger partial charge in [-0.05, 0) is 6.42 Å². The van der Waals surface area contributed by atoms with Gasteiger partial charge >= 0.3 is 6.03 Å². The van der Waals surface area contributed by atoms with E-state index in [0.717, 1.165) is 6.42 Å². The Labute approximate surface area is 63.9 Å². The molecule has 11 heavy (non-hydrogen) atoms. The van der Waals surface area contributed by atoms with Crippen LogP contribution >= 0.6 is 0 Å². The molecule has 0 aliphatic carbocycles. The number of hydrogen-bond donors (Lipinski definition) is 1. The summed E-state index contributed by atoms with van der Waals surface area (Å²) >= 11 is 0. The van der Waals surface area contributed by atoms with Crippen LogP contribution in [-0.2, 0) is 4.79 Å². The Morgan fingerprint density at radius 3 is 3.18 bits per heavy atom. The van der Waals surface area contributed by atoms with Crippen molar-refractivity contribution < 1.29 is 9.59 Å². The molecule has 2 aliphatic heterocycles. The second kappa shape index (κ2) is 2.08. The average Bonchev–Trinajstić information content (AvgIpc) is 2.34. The lowest BCUT2D eigenvalue weighted by molar-refractivity contribution is -0.122. The predicted octanol–water partition coefficient (Wildman–Crippen LogP) is 0.214. The van der Waals surface area contributed by atoms with Gasteiger partial charge in [-0.2, -0.15) is 0 Å². The third kappa shape index (κ3) is 0.906. The van der Waals surface area contributed by atoms with Gasteiger partial charge in [0, 0.05) is 12.6 Å². The van der Waals surface area contributed by atoms with Crippen LogP contribution in [0, 0.1) is 0 Å². The summed E-state index contributed by atoms with van der Waals surface area (Å²) in [5.74, 6) is -0.167. The summed E-state index contributed by atoms with van der Waals surface area (Å²) < 4.78 is 0. The van der Waals surface area contributed by atoms with Crippen LogP contribution in [0.5, 0.6) is 0 Å². The smallest absolute Gasteiger partial charge is 0.297 e. The minimum absolute atomic E-state index is 0.0799. The number of nitrogens with zero attached hydrogens (tertiary/aromatic N) is 1. The number of urea groups is 1. The fourth-order valence-corrected chi connectivity index (χ4v) is 1.43. The topological polar surface area (TPSA) is 49.4 Å². The molecule has 58 valence electrons. The van der Waals surface area contributed by atoms with Crippen molar-refractivity contribution in [3.8, 4) is 0 Å². The third-order valence-corrected chi connectivity index (χ3v) is 1.97. The molecule has 0 aromatic rings. The van der Waals surface area contributed by atoms with Crippen LogP contribution in [-0.4, -0.2) is 22.9 Å². The zero-order valence-corrected chi connectivity index (χ0v) is 5.91. The predicted molar refractivity (Wildman–Crippen MR) is 37.5 cm³/mol. The maximum atomic E-state index is 11.0. The number of carbonyl (C=O) groups is 2. The summed E-state index contributed by atoms with van der Waals surface area (Å²) in [4.78, 5) is 23.4. The van der Waals surface area contributed by atoms with Crippen molar-refractivity contribution in [1.29, 1.82) is 0 Å². The summed E-state index contributed by atoms with van der Waals surface area (Å²) in [6, 6.07) is -0.212. The molecule has 1 unspecified atom stereocenters. The van der Waals surface area contributed by atoms with Gasteiger partial charge in [-0.15, -0.1) is 0 Å². The largest absolute Gasteiger partial charge is 0.328 e. The zero-order chi connectivity index (χ0) is 7.84. The van der Waals surface area contributed by atoms with E-state index in [0.29, 0.717) is 6.42 Å². The van der Waals surface area contributed by atoms with Gasteiger partial charge in [-0.3, -0.25) is 15.0 Å². The summed E-state index contributed by atoms with van der Waals surface area (Å²) in [7, 11) is 0. The molecular formula is C7H8N2O2. The van der Waals surface area contributed by atoms with Crippen molar-refractivity contribution in [3.05, 3.63) is 12.3 Å². The summed E-state index contributed by atoms with van der Waals surface area (Å²) in [5, 5.41) is 2.25. The fourth-order valence-electron chi connectivity index (χ4n) is 1.43. The molecule has 1 N–H and O–H groups in total. The van der Waals surface area contributed by atoms with E-state index in [1.807, 2.05) is 6.08 Å². The molecule has 4 heteroatoms. The monoisotopic (exact) mass is 152 g/mol. The van der Waals surface area contributed by atoms with Gasteiger partial charge in [-0.25, -0.2) is 4.79 Å². The first kappa shape index (κ1) is 6.39. The number of carbonyl (C=O) groups excluding carboxylic acids is 2. The number of nitrogens with one attached hydrogen (secondary N) is 1. The second-order valence-corrected chi connectivity index (χ2v) is 2.74. The lowest BCUT2D eigenvalue weighted by Gasteiger charge is -2.27. The molecule has 0 aromatic heterocycles. The molecular weight excluding hydrogens is 144 g/mol. The lowest BCUT2D eigenvalue weighted by atomic mass is 10.1. The molecule has 1 atom stereocenters. The maximum Gasteiger partial charge on any atom is 0.328 e. The van der Waals surface area contributed by atoms with Crippen LogP contribution in [0.3, 0.4) is 0 Å². The Kier molecular flexibility index (Phi) is 1.21. The standard InChI is InChI=1S/C7H8N2O2/c10-6-4-5-2-1-3-9(5)7(11)8-6/h1,3,5H,2,4H2,(H,8,10,11). The molecule has 0 radical (unpaired) electrons. The van der Waals surface area contributed by atoms with Crippen molar-refractivity contribution >= 4 is 11.9 Å². The minimum atomic E-state index is -0.292. The fraction of sp³-hybridized carbons (Fsp3) is 0.429. The van der Waals surface area contributed by atoms with Crippen molar-refractivity contribution in [1.82, 2.24) is 10.2 Å². The Hall–Kier alpha value is -1.32. The first-order valence-electron chi connectivity index (χ1n) is 3.56. The molecule has 4 nitrogen and oxygen atoms in total. The van der Waals surface area contributed by atoms with Gasteiger partial charge in [0.1, 0.15) is 0 Å². The van der Waals surface area contributed by atoms with Gasteiger partial charge < -0.3 is 0 Å². The average molecular weight is 152 g/mol. The molecule has 1 fully saturated rings. The molecule has 0 saturated carbocycles. The Bertz CT molecular complexity index is 247. The zero-order valence-electron chi connectivity index (χ0n) is 5.91. The van der Waals surface area contributed by atoms with E-state index in [1.165, 1.54) is 0 Å². The molecule has 1 saturated heterocycles. The molecule has 0 aromatic carbocycles. The highest BCUT2D eigenvalue weighted by atomic mass is 16.2. The minimum Gasteiger partial charge on any atom is -0.297 e. The van der Waals surface area contributed by atoms with Crippen molar-refractivity contribution in [3.63, 3.8) is 0 Å². The molecule has 2 aliphatic rings. The first-order chi connectivity index (χ1) is 5.27. The van der Waals surface area contributed by atoms with E-state index in [9.17, 15) is 9.59 Å². The van der Waals surface area contributed by atoms with Crippen molar-refractivity contribution in [2.24, 2.45) is 0 Å². The van der Waals surface area contributed by atoms with Crippen LogP contribution in [0.2, 0.25) is 0 Å². The number of rotatable bonds is 0. The van der Waals surface area contributed by atoms with E-state index < -0.39 is 0 Å². The number of fused-ring (bicyclic) bond motifs is 1. The Morgan fingerprint density at radius 2 is 2.36 bits per heavy atom. The molecule has 0 spiro atoms. The highest BCUT2D eigenvalue weighted by Crippen LogP contribution is 2.20. The normalized spacial score (nSPS) is 28.7. The SMILES string of the molecule is O=C1CC2CC=CN2C(=O)N1. The molecule has 3 amide bonds. The summed E-state index contributed by atoms with van der Waals surface area (Å²) in [6.45, 7) is 0. The van der Waals surface area contributed by atoms with Crippen LogP contribution in [0.15, 0.2) is 12.3 Å². The van der Waals surface area contributed by atoms with Gasteiger partial charge in [-0.1, -0.05) is 6.08 Å². The number of imide groups is 1. The van der Waals surface area contributed by atoms with Gasteiger partial charge in [0.05, 0.1) is 6.04 Å². The highest BCUT2D eigenvalue weighted by Gasteiger charge is 2.32. The van der Waals surface area contributed by atoms with Crippen LogP contribution in [0.1, 0.15) is 12.8 Å². The van der Waals surface area contributed by atoms with Gasteiger partial charge in [0.15, 0.2) is 0 Å². The summed E-state index contributed by atoms with van der Waals surface area (Å²) in [5.41, 5.74) is 0. The van der Waals surface area contributed by atoms with E-state index in [4.69, 9.17) is 0 Å². The van der Waals surface area contributed by atoms with E-state index in [2.05, 4.69) is 5.32 Å². The van der Waals surface area contributed by atoms with E-state index >= 15 is 0 Å². The van der Waals surface area contributed by atoms with Crippen LogP contribution < -0.4 is 5.32 Å². The molecule has 0 bridgehead atoms. The van der Waals surface area contributed by atoms with E-state index in [-0.39, 0.29) is 18.0 Å². The van der Waals surface area contributed by atoms with Crippen LogP contribution in [0.25, 0.3) is 0 Å². The summed E-state index contributed by atoms with van der Waals surface area (Å²) in [6.07, 6.45) is 4.87. The van der Waals surface area contributed by atoms with Crippen LogP contribution in [0.4, 0.5) is 4.79 Å². The van der Waals surface area contributed by atoms with Gasteiger partial charge in [0.25, 0.3) is 0 Å². The lowest BCUT2D eigenvalue weighted by Crippen LogP contribution is -2.50. The van der Waals surface area contributed by atoms with Crippen molar-refractivity contribution in [2.75, 3.05) is 0 Å². The quantitative estimate of drug-likeness (QED) is 0.539. The third-order valence-electron chi connectivity index (χ3n) is 1.97. The molecule has 2 rings (SSSR count).